The Bertz CT molecular complexity index is 578. The van der Waals surface area contributed by atoms with Crippen molar-refractivity contribution in [3.8, 4) is 0 Å². The average Bonchev–Trinajstić information content (AvgIpc) is 3.02. The van der Waals surface area contributed by atoms with Crippen LogP contribution in [0.3, 0.4) is 0 Å². The van der Waals surface area contributed by atoms with Crippen LogP contribution in [0.5, 0.6) is 0 Å². The van der Waals surface area contributed by atoms with Crippen LogP contribution in [-0.4, -0.2) is 54.4 Å². The number of amides is 1. The number of aliphatic hydroxyl groups is 1. The number of carbonyl (C=O) groups is 1. The van der Waals surface area contributed by atoms with Gasteiger partial charge in [0.25, 0.3) is 0 Å². The van der Waals surface area contributed by atoms with Gasteiger partial charge in [0.05, 0.1) is 31.3 Å². The Balaban J connectivity index is 1.64. The average molecular weight is 346 g/mol. The summed E-state index contributed by atoms with van der Waals surface area (Å²) < 4.78 is 5.47. The molecule has 5 heteroatoms. The van der Waals surface area contributed by atoms with Crippen molar-refractivity contribution in [2.75, 3.05) is 32.8 Å². The third-order valence-electron chi connectivity index (χ3n) is 5.43. The van der Waals surface area contributed by atoms with Crippen molar-refractivity contribution >= 4 is 5.91 Å². The molecule has 0 aromatic heterocycles. The zero-order chi connectivity index (χ0) is 17.7. The number of nitrogens with zero attached hydrogens (tertiary/aromatic N) is 1. The lowest BCUT2D eigenvalue weighted by Crippen LogP contribution is -2.44. The highest BCUT2D eigenvalue weighted by molar-refractivity contribution is 5.77. The van der Waals surface area contributed by atoms with E-state index in [1.165, 1.54) is 11.1 Å². The number of aryl methyl sites for hydroxylation is 1. The molecular formula is C20H30N2O3. The second-order valence-corrected chi connectivity index (χ2v) is 7.49. The Morgan fingerprint density at radius 2 is 2.04 bits per heavy atom. The molecular weight excluding hydrogens is 316 g/mol. The number of nitrogens with one attached hydrogen (secondary N) is 1. The Kier molecular flexibility index (Phi) is 6.10. The monoisotopic (exact) mass is 346 g/mol. The molecule has 1 amide bonds. The highest BCUT2D eigenvalue weighted by atomic mass is 16.5. The summed E-state index contributed by atoms with van der Waals surface area (Å²) in [5.41, 5.74) is 1.66. The van der Waals surface area contributed by atoms with Crippen molar-refractivity contribution in [2.24, 2.45) is 0 Å². The summed E-state index contributed by atoms with van der Waals surface area (Å²) in [6, 6.07) is 8.63. The number of rotatable bonds is 6. The standard InChI is InChI=1S/C20H30N2O3/c1-16-5-4-6-17(13-16)18(22-9-11-25-12-10-22)15-21-19(23)14-20(24)7-2-3-8-20/h4-6,13,18,24H,2-3,7-12,14-15H2,1H3,(H,21,23). The molecule has 5 nitrogen and oxygen atoms in total. The molecule has 0 radical (unpaired) electrons. The predicted molar refractivity (Wildman–Crippen MR) is 97.4 cm³/mol. The van der Waals surface area contributed by atoms with Crippen LogP contribution in [0.4, 0.5) is 0 Å². The van der Waals surface area contributed by atoms with Crippen molar-refractivity contribution < 1.29 is 14.6 Å². The normalized spacial score (nSPS) is 21.8. The minimum atomic E-state index is -0.790. The summed E-state index contributed by atoms with van der Waals surface area (Å²) in [5.74, 6) is -0.0460. The van der Waals surface area contributed by atoms with Gasteiger partial charge in [0.1, 0.15) is 0 Å². The quantitative estimate of drug-likeness (QED) is 0.829. The van der Waals surface area contributed by atoms with Gasteiger partial charge in [0, 0.05) is 19.6 Å². The molecule has 1 atom stereocenters. The number of hydrogen-bond acceptors (Lipinski definition) is 4. The van der Waals surface area contributed by atoms with Crippen LogP contribution < -0.4 is 5.32 Å². The maximum absolute atomic E-state index is 12.4. The number of hydrogen-bond donors (Lipinski definition) is 2. The zero-order valence-corrected chi connectivity index (χ0v) is 15.2. The summed E-state index contributed by atoms with van der Waals surface area (Å²) in [7, 11) is 0. The topological polar surface area (TPSA) is 61.8 Å². The summed E-state index contributed by atoms with van der Waals surface area (Å²) in [6.07, 6.45) is 3.74. The number of carbonyl (C=O) groups excluding carboxylic acids is 1. The Morgan fingerprint density at radius 3 is 2.72 bits per heavy atom. The van der Waals surface area contributed by atoms with Gasteiger partial charge in [-0.15, -0.1) is 0 Å². The molecule has 1 saturated heterocycles. The minimum Gasteiger partial charge on any atom is -0.389 e. The van der Waals surface area contributed by atoms with E-state index in [1.54, 1.807) is 0 Å². The Labute approximate surface area is 150 Å². The van der Waals surface area contributed by atoms with Crippen LogP contribution >= 0.6 is 0 Å². The molecule has 1 aromatic rings. The van der Waals surface area contributed by atoms with Crippen LogP contribution in [0.1, 0.15) is 49.3 Å². The smallest absolute Gasteiger partial charge is 0.222 e. The molecule has 3 rings (SSSR count). The first-order valence-electron chi connectivity index (χ1n) is 9.43. The molecule has 1 unspecified atom stereocenters. The molecule has 25 heavy (non-hydrogen) atoms. The fourth-order valence-corrected chi connectivity index (χ4v) is 4.01. The van der Waals surface area contributed by atoms with E-state index < -0.39 is 5.60 Å². The third kappa shape index (κ3) is 5.03. The Hall–Kier alpha value is -1.43. The second-order valence-electron chi connectivity index (χ2n) is 7.49. The second kappa shape index (κ2) is 8.30. The van der Waals surface area contributed by atoms with Crippen molar-refractivity contribution in [1.82, 2.24) is 10.2 Å². The number of ether oxygens (including phenoxy) is 1. The maximum Gasteiger partial charge on any atom is 0.222 e. The molecule has 0 spiro atoms. The Morgan fingerprint density at radius 1 is 1.32 bits per heavy atom. The van der Waals surface area contributed by atoms with E-state index in [1.807, 2.05) is 0 Å². The molecule has 1 aliphatic carbocycles. The predicted octanol–water partition coefficient (Wildman–Crippen LogP) is 2.18. The van der Waals surface area contributed by atoms with Crippen LogP contribution in [0.15, 0.2) is 24.3 Å². The largest absolute Gasteiger partial charge is 0.389 e. The van der Waals surface area contributed by atoms with Crippen LogP contribution in [0.25, 0.3) is 0 Å². The molecule has 2 fully saturated rings. The lowest BCUT2D eigenvalue weighted by molar-refractivity contribution is -0.126. The van der Waals surface area contributed by atoms with Crippen LogP contribution in [0.2, 0.25) is 0 Å². The fraction of sp³-hybridized carbons (Fsp3) is 0.650. The summed E-state index contributed by atoms with van der Waals surface area (Å²) in [5, 5.41) is 13.5. The summed E-state index contributed by atoms with van der Waals surface area (Å²) >= 11 is 0. The van der Waals surface area contributed by atoms with Crippen LogP contribution in [-0.2, 0) is 9.53 Å². The minimum absolute atomic E-state index is 0.0460. The van der Waals surface area contributed by atoms with Gasteiger partial charge in [-0.05, 0) is 25.3 Å². The first kappa shape index (κ1) is 18.4. The van der Waals surface area contributed by atoms with Gasteiger partial charge in [-0.2, -0.15) is 0 Å². The lowest BCUT2D eigenvalue weighted by Gasteiger charge is -2.35. The van der Waals surface area contributed by atoms with E-state index in [0.29, 0.717) is 6.54 Å². The summed E-state index contributed by atoms with van der Waals surface area (Å²) in [6.45, 7) is 5.87. The molecule has 1 saturated carbocycles. The SMILES string of the molecule is Cc1cccc(C(CNC(=O)CC2(O)CCCC2)N2CCOCC2)c1. The molecule has 2 aliphatic rings. The first-order chi connectivity index (χ1) is 12.1. The van der Waals surface area contributed by atoms with Crippen molar-refractivity contribution in [2.45, 2.75) is 50.7 Å². The van der Waals surface area contributed by atoms with Crippen molar-refractivity contribution in [3.63, 3.8) is 0 Å². The van der Waals surface area contributed by atoms with Gasteiger partial charge >= 0.3 is 0 Å². The van der Waals surface area contributed by atoms with Gasteiger partial charge in [0.2, 0.25) is 5.91 Å². The van der Waals surface area contributed by atoms with Gasteiger partial charge in [-0.25, -0.2) is 0 Å². The third-order valence-corrected chi connectivity index (χ3v) is 5.43. The highest BCUT2D eigenvalue weighted by Crippen LogP contribution is 2.32. The van der Waals surface area contributed by atoms with E-state index in [-0.39, 0.29) is 18.4 Å². The molecule has 1 aliphatic heterocycles. The molecule has 138 valence electrons. The van der Waals surface area contributed by atoms with Gasteiger partial charge in [-0.3, -0.25) is 9.69 Å². The highest BCUT2D eigenvalue weighted by Gasteiger charge is 2.33. The van der Waals surface area contributed by atoms with E-state index in [2.05, 4.69) is 41.4 Å². The van der Waals surface area contributed by atoms with Crippen molar-refractivity contribution in [1.29, 1.82) is 0 Å². The van der Waals surface area contributed by atoms with E-state index in [4.69, 9.17) is 4.74 Å². The van der Waals surface area contributed by atoms with Gasteiger partial charge in [-0.1, -0.05) is 42.7 Å². The van der Waals surface area contributed by atoms with E-state index in [0.717, 1.165) is 52.0 Å². The molecule has 1 aromatic carbocycles. The summed E-state index contributed by atoms with van der Waals surface area (Å²) in [4.78, 5) is 14.8. The number of morpholine rings is 1. The zero-order valence-electron chi connectivity index (χ0n) is 15.2. The first-order valence-corrected chi connectivity index (χ1v) is 9.43. The maximum atomic E-state index is 12.4. The van der Waals surface area contributed by atoms with Crippen molar-refractivity contribution in [3.05, 3.63) is 35.4 Å². The van der Waals surface area contributed by atoms with Crippen LogP contribution in [0, 0.1) is 6.92 Å². The lowest BCUT2D eigenvalue weighted by atomic mass is 9.97. The fourth-order valence-electron chi connectivity index (χ4n) is 4.01. The molecule has 1 heterocycles. The number of benzene rings is 1. The van der Waals surface area contributed by atoms with E-state index in [9.17, 15) is 9.90 Å². The molecule has 2 N–H and O–H groups in total. The van der Waals surface area contributed by atoms with Gasteiger partial charge < -0.3 is 15.2 Å². The van der Waals surface area contributed by atoms with E-state index >= 15 is 0 Å². The molecule has 0 bridgehead atoms. The van der Waals surface area contributed by atoms with Gasteiger partial charge in [0.15, 0.2) is 0 Å².